The van der Waals surface area contributed by atoms with Gasteiger partial charge < -0.3 is 10.1 Å². The van der Waals surface area contributed by atoms with Crippen LogP contribution in [0, 0.1) is 6.92 Å². The molecule has 6 heteroatoms. The molecule has 1 heterocycles. The zero-order valence-corrected chi connectivity index (χ0v) is 15.0. The SMILES string of the molecule is Cc1ccc(-c2ccc(OCCNC(=O)c3cccc(Cl)c3)nn2)cc1. The minimum atomic E-state index is -0.197. The number of hydrogen-bond acceptors (Lipinski definition) is 4. The quantitative estimate of drug-likeness (QED) is 0.671. The van der Waals surface area contributed by atoms with Gasteiger partial charge in [-0.15, -0.1) is 10.2 Å². The highest BCUT2D eigenvalue weighted by Gasteiger charge is 2.06. The first-order chi connectivity index (χ1) is 12.6. The molecule has 0 saturated carbocycles. The molecule has 0 aliphatic rings. The summed E-state index contributed by atoms with van der Waals surface area (Å²) in [6, 6.07) is 18.5. The second kappa shape index (κ2) is 8.45. The number of halogens is 1. The Morgan fingerprint density at radius 1 is 1.08 bits per heavy atom. The maximum absolute atomic E-state index is 12.0. The Kier molecular flexibility index (Phi) is 5.81. The molecular formula is C20H18ClN3O2. The summed E-state index contributed by atoms with van der Waals surface area (Å²) >= 11 is 5.88. The predicted octanol–water partition coefficient (Wildman–Crippen LogP) is 3.91. The number of nitrogens with zero attached hydrogens (tertiary/aromatic N) is 2. The average Bonchev–Trinajstić information content (AvgIpc) is 2.66. The number of amides is 1. The third kappa shape index (κ3) is 4.80. The summed E-state index contributed by atoms with van der Waals surface area (Å²) in [5.41, 5.74) is 3.50. The maximum Gasteiger partial charge on any atom is 0.251 e. The van der Waals surface area contributed by atoms with Crippen LogP contribution in [-0.2, 0) is 0 Å². The van der Waals surface area contributed by atoms with E-state index in [0.717, 1.165) is 11.3 Å². The fourth-order valence-electron chi connectivity index (χ4n) is 2.33. The Morgan fingerprint density at radius 3 is 2.58 bits per heavy atom. The first kappa shape index (κ1) is 17.9. The third-order valence-corrected chi connectivity index (χ3v) is 3.95. The van der Waals surface area contributed by atoms with Gasteiger partial charge in [-0.05, 0) is 31.2 Å². The molecule has 1 N–H and O–H groups in total. The van der Waals surface area contributed by atoms with Gasteiger partial charge in [0.05, 0.1) is 12.2 Å². The van der Waals surface area contributed by atoms with E-state index in [1.54, 1.807) is 30.3 Å². The summed E-state index contributed by atoms with van der Waals surface area (Å²) < 4.78 is 5.51. The van der Waals surface area contributed by atoms with Crippen LogP contribution in [0.4, 0.5) is 0 Å². The lowest BCUT2D eigenvalue weighted by Crippen LogP contribution is -2.28. The molecule has 0 fully saturated rings. The van der Waals surface area contributed by atoms with Crippen LogP contribution in [0.15, 0.2) is 60.7 Å². The van der Waals surface area contributed by atoms with Gasteiger partial charge in [0.2, 0.25) is 5.88 Å². The summed E-state index contributed by atoms with van der Waals surface area (Å²) in [4.78, 5) is 12.0. The van der Waals surface area contributed by atoms with Crippen LogP contribution in [0.2, 0.25) is 5.02 Å². The summed E-state index contributed by atoms with van der Waals surface area (Å²) in [5, 5.41) is 11.5. The summed E-state index contributed by atoms with van der Waals surface area (Å²) in [5.74, 6) is 0.217. The highest BCUT2D eigenvalue weighted by Crippen LogP contribution is 2.18. The van der Waals surface area contributed by atoms with Crippen molar-refractivity contribution in [2.24, 2.45) is 0 Å². The number of benzene rings is 2. The zero-order valence-electron chi connectivity index (χ0n) is 14.3. The van der Waals surface area contributed by atoms with Gasteiger partial charge in [-0.1, -0.05) is 47.5 Å². The fraction of sp³-hybridized carbons (Fsp3) is 0.150. The predicted molar refractivity (Wildman–Crippen MR) is 101 cm³/mol. The van der Waals surface area contributed by atoms with E-state index in [2.05, 4.69) is 15.5 Å². The van der Waals surface area contributed by atoms with Gasteiger partial charge in [0, 0.05) is 22.2 Å². The van der Waals surface area contributed by atoms with Gasteiger partial charge in [0.25, 0.3) is 5.91 Å². The summed E-state index contributed by atoms with van der Waals surface area (Å²) in [6.45, 7) is 2.69. The first-order valence-electron chi connectivity index (χ1n) is 8.19. The van der Waals surface area contributed by atoms with Crippen molar-refractivity contribution in [3.05, 3.63) is 76.8 Å². The van der Waals surface area contributed by atoms with E-state index in [-0.39, 0.29) is 5.91 Å². The van der Waals surface area contributed by atoms with E-state index >= 15 is 0 Å². The van der Waals surface area contributed by atoms with Crippen LogP contribution < -0.4 is 10.1 Å². The van der Waals surface area contributed by atoms with Crippen molar-refractivity contribution < 1.29 is 9.53 Å². The van der Waals surface area contributed by atoms with E-state index in [1.807, 2.05) is 37.3 Å². The van der Waals surface area contributed by atoms with Gasteiger partial charge in [0.15, 0.2) is 0 Å². The third-order valence-electron chi connectivity index (χ3n) is 3.71. The highest BCUT2D eigenvalue weighted by molar-refractivity contribution is 6.30. The van der Waals surface area contributed by atoms with E-state index in [4.69, 9.17) is 16.3 Å². The number of aromatic nitrogens is 2. The molecule has 2 aromatic carbocycles. The Morgan fingerprint density at radius 2 is 1.88 bits per heavy atom. The van der Waals surface area contributed by atoms with Crippen LogP contribution in [0.25, 0.3) is 11.3 Å². The number of rotatable bonds is 6. The molecule has 0 aliphatic carbocycles. The lowest BCUT2D eigenvalue weighted by Gasteiger charge is -2.07. The number of nitrogens with one attached hydrogen (secondary N) is 1. The minimum absolute atomic E-state index is 0.197. The Bertz CT molecular complexity index is 880. The number of ether oxygens (including phenoxy) is 1. The Balaban J connectivity index is 1.48. The smallest absolute Gasteiger partial charge is 0.251 e. The van der Waals surface area contributed by atoms with Crippen LogP contribution in [-0.4, -0.2) is 29.3 Å². The Hall–Kier alpha value is -2.92. The van der Waals surface area contributed by atoms with Crippen LogP contribution in [0.1, 0.15) is 15.9 Å². The molecule has 0 saturated heterocycles. The number of aryl methyl sites for hydroxylation is 1. The molecule has 3 rings (SSSR count). The second-order valence-corrected chi connectivity index (χ2v) is 6.17. The van der Waals surface area contributed by atoms with E-state index in [0.29, 0.717) is 29.6 Å². The van der Waals surface area contributed by atoms with Crippen molar-refractivity contribution in [1.29, 1.82) is 0 Å². The van der Waals surface area contributed by atoms with Crippen LogP contribution in [0.5, 0.6) is 5.88 Å². The van der Waals surface area contributed by atoms with Gasteiger partial charge in [0.1, 0.15) is 6.61 Å². The lowest BCUT2D eigenvalue weighted by molar-refractivity contribution is 0.0946. The first-order valence-corrected chi connectivity index (χ1v) is 8.57. The van der Waals surface area contributed by atoms with Crippen molar-refractivity contribution in [3.63, 3.8) is 0 Å². The van der Waals surface area contributed by atoms with Crippen molar-refractivity contribution in [1.82, 2.24) is 15.5 Å². The molecule has 3 aromatic rings. The Labute approximate surface area is 157 Å². The molecule has 0 radical (unpaired) electrons. The molecule has 26 heavy (non-hydrogen) atoms. The van der Waals surface area contributed by atoms with Gasteiger partial charge in [-0.25, -0.2) is 0 Å². The molecule has 0 atom stereocenters. The molecule has 1 aromatic heterocycles. The molecule has 5 nitrogen and oxygen atoms in total. The highest BCUT2D eigenvalue weighted by atomic mass is 35.5. The number of carbonyl (C=O) groups excluding carboxylic acids is 1. The maximum atomic E-state index is 12.0. The molecular weight excluding hydrogens is 350 g/mol. The topological polar surface area (TPSA) is 64.1 Å². The van der Waals surface area contributed by atoms with E-state index < -0.39 is 0 Å². The van der Waals surface area contributed by atoms with Crippen molar-refractivity contribution in [3.8, 4) is 17.1 Å². The molecule has 1 amide bonds. The fourth-order valence-corrected chi connectivity index (χ4v) is 2.52. The van der Waals surface area contributed by atoms with Gasteiger partial charge >= 0.3 is 0 Å². The van der Waals surface area contributed by atoms with Crippen LogP contribution in [0.3, 0.4) is 0 Å². The van der Waals surface area contributed by atoms with E-state index in [9.17, 15) is 4.79 Å². The monoisotopic (exact) mass is 367 g/mol. The molecule has 0 spiro atoms. The van der Waals surface area contributed by atoms with Gasteiger partial charge in [-0.3, -0.25) is 4.79 Å². The van der Waals surface area contributed by atoms with Crippen molar-refractivity contribution in [2.75, 3.05) is 13.2 Å². The largest absolute Gasteiger partial charge is 0.475 e. The molecule has 0 unspecified atom stereocenters. The minimum Gasteiger partial charge on any atom is -0.475 e. The normalized spacial score (nSPS) is 10.4. The summed E-state index contributed by atoms with van der Waals surface area (Å²) in [7, 11) is 0. The van der Waals surface area contributed by atoms with Crippen LogP contribution >= 0.6 is 11.6 Å². The molecule has 0 aliphatic heterocycles. The molecule has 0 bridgehead atoms. The summed E-state index contributed by atoms with van der Waals surface area (Å²) in [6.07, 6.45) is 0. The number of hydrogen-bond donors (Lipinski definition) is 1. The van der Waals surface area contributed by atoms with E-state index in [1.165, 1.54) is 5.56 Å². The number of carbonyl (C=O) groups is 1. The average molecular weight is 368 g/mol. The second-order valence-electron chi connectivity index (χ2n) is 5.74. The molecule has 132 valence electrons. The van der Waals surface area contributed by atoms with Crippen molar-refractivity contribution >= 4 is 17.5 Å². The van der Waals surface area contributed by atoms with Crippen molar-refractivity contribution in [2.45, 2.75) is 6.92 Å². The lowest BCUT2D eigenvalue weighted by atomic mass is 10.1. The standard InChI is InChI=1S/C20H18ClN3O2/c1-14-5-7-15(8-6-14)18-9-10-19(24-23-18)26-12-11-22-20(25)16-3-2-4-17(21)13-16/h2-10,13H,11-12H2,1H3,(H,22,25). The van der Waals surface area contributed by atoms with Gasteiger partial charge in [-0.2, -0.15) is 0 Å². The zero-order chi connectivity index (χ0) is 18.4.